The first kappa shape index (κ1) is 17.0. The van der Waals surface area contributed by atoms with Crippen LogP contribution >= 0.6 is 11.8 Å². The van der Waals surface area contributed by atoms with Crippen LogP contribution in [0.5, 0.6) is 11.5 Å². The van der Waals surface area contributed by atoms with E-state index in [-0.39, 0.29) is 22.4 Å². The summed E-state index contributed by atoms with van der Waals surface area (Å²) in [6, 6.07) is 2.43. The van der Waals surface area contributed by atoms with Crippen LogP contribution in [0.2, 0.25) is 0 Å². The van der Waals surface area contributed by atoms with Gasteiger partial charge < -0.3 is 10.5 Å². The van der Waals surface area contributed by atoms with E-state index in [1.165, 1.54) is 0 Å². The molecule has 0 unspecified atom stereocenters. The summed E-state index contributed by atoms with van der Waals surface area (Å²) >= 11 is 0.0857. The molecule has 3 rings (SSSR count). The molecule has 0 aliphatic carbocycles. The summed E-state index contributed by atoms with van der Waals surface area (Å²) in [7, 11) is 0. The second-order valence-electron chi connectivity index (χ2n) is 5.04. The first-order valence-corrected chi connectivity index (χ1v) is 7.42. The van der Waals surface area contributed by atoms with Gasteiger partial charge in [0.15, 0.2) is 0 Å². The maximum absolute atomic E-state index is 13.7. The first-order valence-electron chi connectivity index (χ1n) is 6.60. The quantitative estimate of drug-likeness (QED) is 0.741. The molecule has 0 radical (unpaired) electrons. The minimum Gasteiger partial charge on any atom is -0.457 e. The molecule has 2 nitrogen and oxygen atoms in total. The Kier molecular flexibility index (Phi) is 4.16. The summed E-state index contributed by atoms with van der Waals surface area (Å²) in [6.45, 7) is 0. The number of fused-ring (bicyclic) bond motifs is 1. The minimum atomic E-state index is -3.43. The van der Waals surface area contributed by atoms with Crippen molar-refractivity contribution in [3.05, 3.63) is 53.1 Å². The molecule has 0 bridgehead atoms. The zero-order valence-corrected chi connectivity index (χ0v) is 12.5. The van der Waals surface area contributed by atoms with Crippen LogP contribution in [-0.4, -0.2) is 5.25 Å². The maximum Gasteiger partial charge on any atom is 0.317 e. The molecule has 128 valence electrons. The third kappa shape index (κ3) is 2.93. The van der Waals surface area contributed by atoms with Gasteiger partial charge in [-0.3, -0.25) is 0 Å². The van der Waals surface area contributed by atoms with Crippen LogP contribution in [0.4, 0.5) is 26.3 Å². The molecule has 1 aliphatic heterocycles. The Hall–Kier alpha value is -1.87. The van der Waals surface area contributed by atoms with E-state index in [9.17, 15) is 26.3 Å². The second kappa shape index (κ2) is 5.89. The van der Waals surface area contributed by atoms with Crippen molar-refractivity contribution in [3.63, 3.8) is 0 Å². The summed E-state index contributed by atoms with van der Waals surface area (Å²) in [6.07, 6.45) is -3.16. The Morgan fingerprint density at radius 1 is 1.08 bits per heavy atom. The van der Waals surface area contributed by atoms with Crippen molar-refractivity contribution in [3.8, 4) is 11.5 Å². The Bertz CT molecular complexity index is 778. The van der Waals surface area contributed by atoms with Crippen molar-refractivity contribution in [1.82, 2.24) is 0 Å². The van der Waals surface area contributed by atoms with E-state index in [1.54, 1.807) is 0 Å². The van der Waals surface area contributed by atoms with E-state index in [0.29, 0.717) is 6.07 Å². The highest BCUT2D eigenvalue weighted by Crippen LogP contribution is 2.56. The molecule has 1 aliphatic rings. The first-order chi connectivity index (χ1) is 11.2. The van der Waals surface area contributed by atoms with E-state index in [0.717, 1.165) is 24.3 Å². The van der Waals surface area contributed by atoms with Gasteiger partial charge in [0, 0.05) is 28.7 Å². The van der Waals surface area contributed by atoms with E-state index < -0.39 is 46.2 Å². The van der Waals surface area contributed by atoms with Gasteiger partial charge in [-0.15, -0.1) is 0 Å². The van der Waals surface area contributed by atoms with Crippen molar-refractivity contribution in [2.75, 3.05) is 0 Å². The van der Waals surface area contributed by atoms with E-state index in [1.807, 2.05) is 0 Å². The number of alkyl halides is 4. The number of thioether (sulfide) groups is 1. The molecule has 0 saturated carbocycles. The molecule has 0 spiro atoms. The molecule has 1 heterocycles. The summed E-state index contributed by atoms with van der Waals surface area (Å²) in [5.74, 6) is -2.80. The summed E-state index contributed by atoms with van der Waals surface area (Å²) in [5.41, 5.74) is 4.16. The van der Waals surface area contributed by atoms with Gasteiger partial charge in [-0.2, -0.15) is 8.78 Å². The standard InChI is InChI=1S/C15H9F6NOS/c16-6-3-7(17)5-8(4-6)23-9-1-2-10-12(11(9)14(18)19)13(22)15(20,21)24-10/h1-5,13-14H,22H2/t13-/m1/s1. The highest BCUT2D eigenvalue weighted by Gasteiger charge is 2.49. The van der Waals surface area contributed by atoms with E-state index in [4.69, 9.17) is 10.5 Å². The van der Waals surface area contributed by atoms with Gasteiger partial charge in [-0.05, 0) is 23.9 Å². The van der Waals surface area contributed by atoms with Crippen LogP contribution < -0.4 is 10.5 Å². The summed E-state index contributed by atoms with van der Waals surface area (Å²) < 4.78 is 85.7. The SMILES string of the molecule is N[C@@H]1c2c(ccc(Oc3cc(F)cc(F)c3)c2C(F)F)SC1(F)F. The van der Waals surface area contributed by atoms with Crippen LogP contribution in [0.3, 0.4) is 0 Å². The number of nitrogens with two attached hydrogens (primary N) is 1. The fraction of sp³-hybridized carbons (Fsp3) is 0.200. The molecule has 0 aromatic heterocycles. The topological polar surface area (TPSA) is 35.2 Å². The molecular weight excluding hydrogens is 356 g/mol. The monoisotopic (exact) mass is 365 g/mol. The molecule has 2 aromatic carbocycles. The molecule has 9 heteroatoms. The fourth-order valence-electron chi connectivity index (χ4n) is 2.41. The van der Waals surface area contributed by atoms with Crippen LogP contribution in [0.15, 0.2) is 35.2 Å². The third-order valence-electron chi connectivity index (χ3n) is 3.41. The highest BCUT2D eigenvalue weighted by molar-refractivity contribution is 8.00. The lowest BCUT2D eigenvalue weighted by atomic mass is 10.0. The van der Waals surface area contributed by atoms with Crippen molar-refractivity contribution < 1.29 is 31.1 Å². The average molecular weight is 365 g/mol. The lowest BCUT2D eigenvalue weighted by molar-refractivity contribution is 0.0770. The Balaban J connectivity index is 2.09. The Morgan fingerprint density at radius 3 is 2.29 bits per heavy atom. The predicted octanol–water partition coefficient (Wildman–Crippen LogP) is 5.39. The smallest absolute Gasteiger partial charge is 0.317 e. The second-order valence-corrected chi connectivity index (χ2v) is 6.23. The van der Waals surface area contributed by atoms with E-state index >= 15 is 0 Å². The molecule has 2 N–H and O–H groups in total. The largest absolute Gasteiger partial charge is 0.457 e. The zero-order valence-electron chi connectivity index (χ0n) is 11.7. The normalized spacial score (nSPS) is 18.8. The van der Waals surface area contributed by atoms with Gasteiger partial charge >= 0.3 is 5.25 Å². The number of benzene rings is 2. The molecule has 2 aromatic rings. The van der Waals surface area contributed by atoms with Crippen molar-refractivity contribution in [1.29, 1.82) is 0 Å². The number of halogens is 6. The van der Waals surface area contributed by atoms with Crippen molar-refractivity contribution >= 4 is 11.8 Å². The van der Waals surface area contributed by atoms with E-state index in [2.05, 4.69) is 0 Å². The van der Waals surface area contributed by atoms with Crippen molar-refractivity contribution in [2.45, 2.75) is 22.6 Å². The molecular formula is C15H9F6NOS. The van der Waals surface area contributed by atoms with Gasteiger partial charge in [0.25, 0.3) is 6.43 Å². The van der Waals surface area contributed by atoms with Crippen LogP contribution in [-0.2, 0) is 0 Å². The summed E-state index contributed by atoms with van der Waals surface area (Å²) in [4.78, 5) is -0.0828. The van der Waals surface area contributed by atoms with Gasteiger partial charge in [-0.25, -0.2) is 17.6 Å². The lowest BCUT2D eigenvalue weighted by Crippen LogP contribution is -2.26. The Morgan fingerprint density at radius 2 is 1.71 bits per heavy atom. The number of rotatable bonds is 3. The third-order valence-corrected chi connectivity index (χ3v) is 4.51. The van der Waals surface area contributed by atoms with Gasteiger partial charge in [0.1, 0.15) is 29.2 Å². The highest BCUT2D eigenvalue weighted by atomic mass is 32.2. The number of hydrogen-bond donors (Lipinski definition) is 1. The number of ether oxygens (including phenoxy) is 1. The lowest BCUT2D eigenvalue weighted by Gasteiger charge is -2.18. The minimum absolute atomic E-state index is 0.0828. The van der Waals surface area contributed by atoms with Crippen LogP contribution in [0, 0.1) is 11.6 Å². The predicted molar refractivity (Wildman–Crippen MR) is 75.6 cm³/mol. The maximum atomic E-state index is 13.7. The average Bonchev–Trinajstić information content (AvgIpc) is 2.68. The Labute approximate surface area is 136 Å². The van der Waals surface area contributed by atoms with Gasteiger partial charge in [0.05, 0.1) is 5.56 Å². The van der Waals surface area contributed by atoms with Crippen LogP contribution in [0.1, 0.15) is 23.6 Å². The molecule has 0 fully saturated rings. The molecule has 1 atom stereocenters. The summed E-state index contributed by atoms with van der Waals surface area (Å²) in [5, 5.41) is -3.43. The van der Waals surface area contributed by atoms with Gasteiger partial charge in [-0.1, -0.05) is 0 Å². The zero-order chi connectivity index (χ0) is 17.6. The number of hydrogen-bond acceptors (Lipinski definition) is 3. The molecule has 0 amide bonds. The van der Waals surface area contributed by atoms with Crippen LogP contribution in [0.25, 0.3) is 0 Å². The fourth-order valence-corrected chi connectivity index (χ4v) is 3.43. The molecule has 0 saturated heterocycles. The van der Waals surface area contributed by atoms with Gasteiger partial charge in [0.2, 0.25) is 0 Å². The molecule has 24 heavy (non-hydrogen) atoms. The van der Waals surface area contributed by atoms with Crippen molar-refractivity contribution in [2.24, 2.45) is 5.73 Å².